The summed E-state index contributed by atoms with van der Waals surface area (Å²) >= 11 is 0. The number of carbonyl (C=O) groups excluding carboxylic acids is 2. The van der Waals surface area contributed by atoms with Gasteiger partial charge in [-0.1, -0.05) is 0 Å². The Morgan fingerprint density at radius 3 is 2.85 bits per heavy atom. The molecule has 0 spiro atoms. The molecular weight excluding hydrogens is 341 g/mol. The number of piperazine rings is 1. The number of hydrogen-bond donors (Lipinski definition) is 3. The molecule has 2 fully saturated rings. The van der Waals surface area contributed by atoms with Crippen molar-refractivity contribution in [3.05, 3.63) is 24.0 Å². The van der Waals surface area contributed by atoms with Crippen LogP contribution >= 0.6 is 0 Å². The molecule has 2 unspecified atom stereocenters. The zero-order chi connectivity index (χ0) is 18.7. The number of nitrogens with two attached hydrogens (primary N) is 1. The Morgan fingerprint density at radius 2 is 2.19 bits per heavy atom. The zero-order valence-electron chi connectivity index (χ0n) is 14.7. The average molecular weight is 365 g/mol. The van der Waals surface area contributed by atoms with Gasteiger partial charge in [0.15, 0.2) is 0 Å². The molecule has 2 amide bonds. The van der Waals surface area contributed by atoms with E-state index in [-0.39, 0.29) is 24.8 Å². The van der Waals surface area contributed by atoms with E-state index in [1.165, 1.54) is 11.0 Å². The number of amides is 2. The molecule has 2 heterocycles. The highest BCUT2D eigenvalue weighted by Gasteiger charge is 2.33. The van der Waals surface area contributed by atoms with E-state index in [1.54, 1.807) is 19.1 Å². The quantitative estimate of drug-likeness (QED) is 0.681. The summed E-state index contributed by atoms with van der Waals surface area (Å²) in [4.78, 5) is 26.9. The number of carbonyl (C=O) groups is 2. The molecule has 26 heavy (non-hydrogen) atoms. The van der Waals surface area contributed by atoms with Crippen molar-refractivity contribution in [2.45, 2.75) is 19.1 Å². The van der Waals surface area contributed by atoms with E-state index in [9.17, 15) is 14.0 Å². The number of nitrogens with one attached hydrogen (secondary N) is 2. The Hall–Kier alpha value is -2.39. The summed E-state index contributed by atoms with van der Waals surface area (Å²) in [5.74, 6) is -0.683. The van der Waals surface area contributed by atoms with Crippen molar-refractivity contribution >= 4 is 23.4 Å². The average Bonchev–Trinajstić information content (AvgIpc) is 3.01. The van der Waals surface area contributed by atoms with Crippen molar-refractivity contribution in [1.82, 2.24) is 10.6 Å². The second-order valence-corrected chi connectivity index (χ2v) is 6.52. The normalized spacial score (nSPS) is 21.5. The highest BCUT2D eigenvalue weighted by molar-refractivity contribution is 5.90. The van der Waals surface area contributed by atoms with Crippen LogP contribution in [-0.2, 0) is 9.53 Å². The van der Waals surface area contributed by atoms with Gasteiger partial charge in [-0.05, 0) is 25.1 Å². The molecular formula is C17H24FN5O3. The number of ether oxygens (including phenoxy) is 1. The van der Waals surface area contributed by atoms with Crippen LogP contribution in [0, 0.1) is 5.82 Å². The largest absolute Gasteiger partial charge is 0.442 e. The lowest BCUT2D eigenvalue weighted by Gasteiger charge is -2.30. The Balaban J connectivity index is 1.64. The highest BCUT2D eigenvalue weighted by atomic mass is 19.1. The third-order valence-electron chi connectivity index (χ3n) is 4.49. The maximum absolute atomic E-state index is 14.5. The minimum absolute atomic E-state index is 0.171. The van der Waals surface area contributed by atoms with Crippen LogP contribution in [0.4, 0.5) is 20.6 Å². The van der Waals surface area contributed by atoms with Gasteiger partial charge in [0.1, 0.15) is 11.9 Å². The van der Waals surface area contributed by atoms with Crippen molar-refractivity contribution in [2.75, 3.05) is 49.1 Å². The third kappa shape index (κ3) is 4.05. The Labute approximate surface area is 151 Å². The fourth-order valence-electron chi connectivity index (χ4n) is 3.04. The lowest BCUT2D eigenvalue weighted by molar-refractivity contribution is -0.122. The van der Waals surface area contributed by atoms with Crippen LogP contribution in [0.15, 0.2) is 18.2 Å². The monoisotopic (exact) mass is 365 g/mol. The van der Waals surface area contributed by atoms with E-state index < -0.39 is 18.2 Å². The molecule has 9 heteroatoms. The summed E-state index contributed by atoms with van der Waals surface area (Å²) in [7, 11) is 0. The van der Waals surface area contributed by atoms with E-state index in [4.69, 9.17) is 10.5 Å². The second kappa shape index (κ2) is 7.88. The van der Waals surface area contributed by atoms with E-state index in [0.717, 1.165) is 26.2 Å². The standard InChI is InChI=1S/C17H24FN5O3/c1-11(19)16(24)21-9-13-10-23(17(25)26-13)12-2-3-15(14(18)8-12)22-6-4-20-5-7-22/h2-3,8,11,13,20H,4-7,9-10,19H2,1H3,(H,21,24). The summed E-state index contributed by atoms with van der Waals surface area (Å²) in [6, 6.07) is 4.12. The summed E-state index contributed by atoms with van der Waals surface area (Å²) in [5, 5.41) is 5.85. The van der Waals surface area contributed by atoms with Crippen molar-refractivity contribution in [1.29, 1.82) is 0 Å². The molecule has 2 saturated heterocycles. The van der Waals surface area contributed by atoms with Crippen LogP contribution in [0.3, 0.4) is 0 Å². The molecule has 4 N–H and O–H groups in total. The number of halogens is 1. The predicted octanol–water partition coefficient (Wildman–Crippen LogP) is 0.0239. The number of cyclic esters (lactones) is 1. The topological polar surface area (TPSA) is 99.9 Å². The number of benzene rings is 1. The summed E-state index contributed by atoms with van der Waals surface area (Å²) in [6.45, 7) is 5.09. The van der Waals surface area contributed by atoms with E-state index in [0.29, 0.717) is 11.4 Å². The second-order valence-electron chi connectivity index (χ2n) is 6.52. The van der Waals surface area contributed by atoms with Gasteiger partial charge in [0, 0.05) is 26.2 Å². The van der Waals surface area contributed by atoms with Crippen LogP contribution in [0.1, 0.15) is 6.92 Å². The van der Waals surface area contributed by atoms with E-state index in [2.05, 4.69) is 10.6 Å². The van der Waals surface area contributed by atoms with Gasteiger partial charge in [0.2, 0.25) is 5.91 Å². The molecule has 2 aliphatic heterocycles. The van der Waals surface area contributed by atoms with Gasteiger partial charge >= 0.3 is 6.09 Å². The minimum Gasteiger partial charge on any atom is -0.442 e. The molecule has 0 bridgehead atoms. The number of anilines is 2. The van der Waals surface area contributed by atoms with Gasteiger partial charge in [0.25, 0.3) is 0 Å². The molecule has 2 atom stereocenters. The fraction of sp³-hybridized carbons (Fsp3) is 0.529. The van der Waals surface area contributed by atoms with E-state index in [1.807, 2.05) is 4.90 Å². The number of hydrogen-bond acceptors (Lipinski definition) is 6. The van der Waals surface area contributed by atoms with Gasteiger partial charge in [-0.2, -0.15) is 0 Å². The lowest BCUT2D eigenvalue weighted by atomic mass is 10.2. The SMILES string of the molecule is CC(N)C(=O)NCC1CN(c2ccc(N3CCNCC3)c(F)c2)C(=O)O1. The summed E-state index contributed by atoms with van der Waals surface area (Å²) in [6.07, 6.45) is -1.06. The molecule has 3 rings (SSSR count). The number of rotatable bonds is 5. The van der Waals surface area contributed by atoms with Crippen molar-refractivity contribution < 1.29 is 18.7 Å². The van der Waals surface area contributed by atoms with Gasteiger partial charge in [0.05, 0.1) is 30.5 Å². The van der Waals surface area contributed by atoms with E-state index >= 15 is 0 Å². The van der Waals surface area contributed by atoms with Crippen LogP contribution in [0.2, 0.25) is 0 Å². The minimum atomic E-state index is -0.630. The molecule has 2 aliphatic rings. The zero-order valence-corrected chi connectivity index (χ0v) is 14.7. The van der Waals surface area contributed by atoms with Crippen LogP contribution in [-0.4, -0.2) is 63.4 Å². The van der Waals surface area contributed by atoms with Crippen molar-refractivity contribution in [3.63, 3.8) is 0 Å². The predicted molar refractivity (Wildman–Crippen MR) is 95.8 cm³/mol. The van der Waals surface area contributed by atoms with Gasteiger partial charge in [-0.15, -0.1) is 0 Å². The Bertz CT molecular complexity index is 678. The highest BCUT2D eigenvalue weighted by Crippen LogP contribution is 2.28. The Kier molecular flexibility index (Phi) is 5.58. The first-order chi connectivity index (χ1) is 12.5. The molecule has 142 valence electrons. The third-order valence-corrected chi connectivity index (χ3v) is 4.49. The molecule has 0 aliphatic carbocycles. The molecule has 0 aromatic heterocycles. The van der Waals surface area contributed by atoms with Crippen LogP contribution in [0.25, 0.3) is 0 Å². The maximum Gasteiger partial charge on any atom is 0.414 e. The Morgan fingerprint density at radius 1 is 1.46 bits per heavy atom. The first kappa shape index (κ1) is 18.4. The lowest BCUT2D eigenvalue weighted by Crippen LogP contribution is -2.43. The smallest absolute Gasteiger partial charge is 0.414 e. The first-order valence-corrected chi connectivity index (χ1v) is 8.72. The van der Waals surface area contributed by atoms with Crippen LogP contribution in [0.5, 0.6) is 0 Å². The molecule has 1 aromatic carbocycles. The number of nitrogens with zero attached hydrogens (tertiary/aromatic N) is 2. The van der Waals surface area contributed by atoms with Crippen LogP contribution < -0.4 is 26.2 Å². The first-order valence-electron chi connectivity index (χ1n) is 8.72. The van der Waals surface area contributed by atoms with Gasteiger partial charge in [-0.25, -0.2) is 9.18 Å². The summed E-state index contributed by atoms with van der Waals surface area (Å²) < 4.78 is 19.8. The van der Waals surface area contributed by atoms with Gasteiger partial charge in [-0.3, -0.25) is 9.69 Å². The molecule has 0 radical (unpaired) electrons. The summed E-state index contributed by atoms with van der Waals surface area (Å²) in [5.41, 5.74) is 6.45. The molecule has 0 saturated carbocycles. The molecule has 1 aromatic rings. The van der Waals surface area contributed by atoms with Crippen molar-refractivity contribution in [3.8, 4) is 0 Å². The van der Waals surface area contributed by atoms with Gasteiger partial charge < -0.3 is 26.0 Å². The molecule has 8 nitrogen and oxygen atoms in total. The van der Waals surface area contributed by atoms with Crippen molar-refractivity contribution in [2.24, 2.45) is 5.73 Å². The fourth-order valence-corrected chi connectivity index (χ4v) is 3.04. The maximum atomic E-state index is 14.5.